The molecule has 0 spiro atoms. The molecule has 0 saturated heterocycles. The van der Waals surface area contributed by atoms with Crippen molar-refractivity contribution in [3.05, 3.63) is 83.7 Å². The summed E-state index contributed by atoms with van der Waals surface area (Å²) in [6.07, 6.45) is 2.26. The first-order valence-corrected chi connectivity index (χ1v) is 14.5. The summed E-state index contributed by atoms with van der Waals surface area (Å²) >= 11 is 0. The number of nitrogens with zero attached hydrogens (tertiary/aromatic N) is 3. The van der Waals surface area contributed by atoms with Gasteiger partial charge in [0.15, 0.2) is 5.37 Å². The number of nitrogens with one attached hydrogen (secondary N) is 4. The van der Waals surface area contributed by atoms with Crippen LogP contribution in [0.15, 0.2) is 71.9 Å². The Bertz CT molecular complexity index is 1580. The Morgan fingerprint density at radius 1 is 1.00 bits per heavy atom. The van der Waals surface area contributed by atoms with E-state index in [0.717, 1.165) is 5.56 Å². The predicted molar refractivity (Wildman–Crippen MR) is 159 cm³/mol. The fourth-order valence-electron chi connectivity index (χ4n) is 4.14. The minimum Gasteiger partial charge on any atom is -0.481 e. The topological polar surface area (TPSA) is 182 Å². The zero-order valence-electron chi connectivity index (χ0n) is 22.9. The van der Waals surface area contributed by atoms with Crippen LogP contribution in [0.1, 0.15) is 29.3 Å². The second-order valence-corrected chi connectivity index (χ2v) is 11.6. The number of pyridine rings is 1. The number of anilines is 3. The van der Waals surface area contributed by atoms with Gasteiger partial charge >= 0.3 is 12.0 Å². The summed E-state index contributed by atoms with van der Waals surface area (Å²) in [7, 11) is -2.28. The lowest BCUT2D eigenvalue weighted by molar-refractivity contribution is -0.137. The van der Waals surface area contributed by atoms with Crippen molar-refractivity contribution in [2.24, 2.45) is 4.99 Å². The summed E-state index contributed by atoms with van der Waals surface area (Å²) < 4.78 is 27.9. The number of aliphatic imine (C=N–C) groups is 1. The molecule has 3 aromatic rings. The molecule has 42 heavy (non-hydrogen) atoms. The molecule has 0 radical (unpaired) electrons. The molecule has 0 fully saturated rings. The molecular formula is C28H31N7O6S. The summed E-state index contributed by atoms with van der Waals surface area (Å²) in [4.78, 5) is 46.1. The maximum Gasteiger partial charge on any atom is 0.323 e. The Balaban J connectivity index is 1.31. The van der Waals surface area contributed by atoms with Crippen molar-refractivity contribution < 1.29 is 27.9 Å². The fourth-order valence-corrected chi connectivity index (χ4v) is 5.55. The minimum atomic E-state index is -3.97. The van der Waals surface area contributed by atoms with E-state index >= 15 is 0 Å². The van der Waals surface area contributed by atoms with Gasteiger partial charge in [-0.1, -0.05) is 30.3 Å². The summed E-state index contributed by atoms with van der Waals surface area (Å²) in [5.74, 6) is -1.53. The Morgan fingerprint density at radius 3 is 2.33 bits per heavy atom. The van der Waals surface area contributed by atoms with E-state index in [1.54, 1.807) is 42.3 Å². The van der Waals surface area contributed by atoms with Gasteiger partial charge in [-0.25, -0.2) is 17.9 Å². The highest BCUT2D eigenvalue weighted by molar-refractivity contribution is 7.90. The number of carbonyl (C=O) groups is 3. The second kappa shape index (κ2) is 13.2. The molecule has 1 aliphatic rings. The van der Waals surface area contributed by atoms with E-state index in [2.05, 4.69) is 30.6 Å². The molecule has 220 valence electrons. The van der Waals surface area contributed by atoms with Crippen molar-refractivity contribution in [1.82, 2.24) is 14.6 Å². The smallest absolute Gasteiger partial charge is 0.323 e. The largest absolute Gasteiger partial charge is 0.481 e. The molecule has 0 bridgehead atoms. The third-order valence-corrected chi connectivity index (χ3v) is 7.91. The molecule has 2 atom stereocenters. The molecule has 2 unspecified atom stereocenters. The van der Waals surface area contributed by atoms with Gasteiger partial charge in [0.2, 0.25) is 15.9 Å². The van der Waals surface area contributed by atoms with Crippen LogP contribution in [0.3, 0.4) is 0 Å². The third kappa shape index (κ3) is 8.34. The molecule has 4 rings (SSSR count). The molecule has 5 N–H and O–H groups in total. The van der Waals surface area contributed by atoms with Crippen molar-refractivity contribution in [1.29, 1.82) is 0 Å². The molecule has 1 aromatic heterocycles. The Hall–Kier alpha value is -4.82. The molecule has 13 nitrogen and oxygen atoms in total. The van der Waals surface area contributed by atoms with Crippen LogP contribution in [0.4, 0.5) is 21.9 Å². The first-order chi connectivity index (χ1) is 20.0. The van der Waals surface area contributed by atoms with E-state index in [0.29, 0.717) is 22.6 Å². The Morgan fingerprint density at radius 2 is 1.71 bits per heavy atom. The van der Waals surface area contributed by atoms with Crippen molar-refractivity contribution in [3.8, 4) is 0 Å². The van der Waals surface area contributed by atoms with E-state index in [-0.39, 0.29) is 30.6 Å². The van der Waals surface area contributed by atoms with Gasteiger partial charge in [0.25, 0.3) is 0 Å². The number of carboxylic acids is 1. The molecule has 0 saturated carbocycles. The van der Waals surface area contributed by atoms with Crippen LogP contribution in [-0.2, 0) is 26.0 Å². The molecule has 3 amide bonds. The quantitative estimate of drug-likeness (QED) is 0.225. The van der Waals surface area contributed by atoms with Gasteiger partial charge in [0, 0.05) is 18.4 Å². The number of hydrogen-bond acceptors (Lipinski definition) is 8. The van der Waals surface area contributed by atoms with Crippen molar-refractivity contribution in [3.63, 3.8) is 0 Å². The first kappa shape index (κ1) is 30.1. The number of aryl methyl sites for hydroxylation is 1. The highest BCUT2D eigenvalue weighted by Gasteiger charge is 2.32. The van der Waals surface area contributed by atoms with E-state index in [4.69, 9.17) is 0 Å². The van der Waals surface area contributed by atoms with Crippen LogP contribution in [-0.4, -0.2) is 66.6 Å². The van der Waals surface area contributed by atoms with Crippen LogP contribution in [0, 0.1) is 6.92 Å². The van der Waals surface area contributed by atoms with Crippen molar-refractivity contribution in [2.75, 3.05) is 29.5 Å². The Kier molecular flexibility index (Phi) is 9.49. The number of benzene rings is 2. The predicted octanol–water partition coefficient (Wildman–Crippen LogP) is 2.95. The lowest BCUT2D eigenvalue weighted by Gasteiger charge is -2.19. The average Bonchev–Trinajstić information content (AvgIpc) is 3.38. The molecular weight excluding hydrogens is 562 g/mol. The standard InChI is InChI=1S/C28H31N7O6S/c1-18-5-3-4-6-22(18)33-28(39)32-20-9-7-19(8-10-20)13-25(36)31-21-11-12-23(29-15-21)24(14-27(37)38)34-42(40,41)26-16-35(2)17-30-26/h3-12,15,17,24,26,34H,13-14,16H2,1-2H3,(H,31,36)(H,37,38)(H2,32,33,39). The number of likely N-dealkylation sites (N-methyl/N-ethyl adjacent to an activating group) is 1. The van der Waals surface area contributed by atoms with Gasteiger partial charge in [-0.2, -0.15) is 0 Å². The number of carbonyl (C=O) groups excluding carboxylic acids is 2. The van der Waals surface area contributed by atoms with E-state index in [1.807, 2.05) is 25.1 Å². The van der Waals surface area contributed by atoms with E-state index < -0.39 is 33.8 Å². The number of rotatable bonds is 11. The van der Waals surface area contributed by atoms with Crippen LogP contribution in [0.2, 0.25) is 0 Å². The number of hydrogen-bond donors (Lipinski definition) is 5. The maximum atomic E-state index is 12.7. The summed E-state index contributed by atoms with van der Waals surface area (Å²) in [5, 5.41) is 16.5. The molecule has 1 aliphatic heterocycles. The number of amides is 3. The van der Waals surface area contributed by atoms with Crippen LogP contribution < -0.4 is 20.7 Å². The van der Waals surface area contributed by atoms with Gasteiger partial charge in [-0.3, -0.25) is 19.6 Å². The maximum absolute atomic E-state index is 12.7. The molecule has 0 aliphatic carbocycles. The number of sulfonamides is 1. The average molecular weight is 594 g/mol. The van der Waals surface area contributed by atoms with Crippen molar-refractivity contribution in [2.45, 2.75) is 31.2 Å². The summed E-state index contributed by atoms with van der Waals surface area (Å²) in [6.45, 7) is 2.04. The highest BCUT2D eigenvalue weighted by Crippen LogP contribution is 2.21. The lowest BCUT2D eigenvalue weighted by Crippen LogP contribution is -2.39. The fraction of sp³-hybridized carbons (Fsp3) is 0.250. The first-order valence-electron chi connectivity index (χ1n) is 12.9. The van der Waals surface area contributed by atoms with Gasteiger partial charge in [0.1, 0.15) is 0 Å². The van der Waals surface area contributed by atoms with E-state index in [9.17, 15) is 27.9 Å². The number of urea groups is 1. The van der Waals surface area contributed by atoms with Crippen molar-refractivity contribution >= 4 is 51.3 Å². The SMILES string of the molecule is Cc1ccccc1NC(=O)Nc1ccc(CC(=O)Nc2ccc(C(CC(=O)O)NS(=O)(=O)C3CN(C)C=N3)nc2)cc1. The van der Waals surface area contributed by atoms with Gasteiger partial charge in [0.05, 0.1) is 49.3 Å². The molecule has 2 heterocycles. The normalized spacial score (nSPS) is 15.2. The highest BCUT2D eigenvalue weighted by atomic mass is 32.2. The van der Waals surface area contributed by atoms with E-state index in [1.165, 1.54) is 24.7 Å². The summed E-state index contributed by atoms with van der Waals surface area (Å²) in [6, 6.07) is 15.7. The number of aliphatic carboxylic acids is 1. The third-order valence-electron chi connectivity index (χ3n) is 6.31. The Labute approximate surface area is 243 Å². The van der Waals surface area contributed by atoms with Crippen LogP contribution in [0.5, 0.6) is 0 Å². The molecule has 14 heteroatoms. The number of aromatic nitrogens is 1. The molecule has 2 aromatic carbocycles. The van der Waals surface area contributed by atoms with Crippen LogP contribution in [0.25, 0.3) is 0 Å². The summed E-state index contributed by atoms with van der Waals surface area (Å²) in [5.41, 5.74) is 3.45. The van der Waals surface area contributed by atoms with Gasteiger partial charge in [-0.15, -0.1) is 0 Å². The number of carboxylic acid groups (broad SMARTS) is 1. The van der Waals surface area contributed by atoms with Gasteiger partial charge < -0.3 is 26.0 Å². The second-order valence-electron chi connectivity index (χ2n) is 9.76. The van der Waals surface area contributed by atoms with Gasteiger partial charge in [-0.05, 0) is 48.4 Å². The number of para-hydroxylation sites is 1. The monoisotopic (exact) mass is 593 g/mol. The van der Waals surface area contributed by atoms with Crippen LogP contribution >= 0.6 is 0 Å². The minimum absolute atomic E-state index is 0.0508. The zero-order valence-corrected chi connectivity index (χ0v) is 23.8. The zero-order chi connectivity index (χ0) is 30.3. The lowest BCUT2D eigenvalue weighted by atomic mass is 10.1.